The molecule has 20 heavy (non-hydrogen) atoms. The third-order valence-corrected chi connectivity index (χ3v) is 4.98. The molecule has 1 saturated heterocycles. The second-order valence-corrected chi connectivity index (χ2v) is 6.87. The van der Waals surface area contributed by atoms with Crippen molar-refractivity contribution in [2.45, 2.75) is 38.6 Å². The summed E-state index contributed by atoms with van der Waals surface area (Å²) in [5.74, 6) is 1.65. The van der Waals surface area contributed by atoms with Crippen molar-refractivity contribution in [1.82, 2.24) is 9.47 Å². The first-order chi connectivity index (χ1) is 9.65. The Labute approximate surface area is 124 Å². The Kier molecular flexibility index (Phi) is 3.82. The topological polar surface area (TPSA) is 34.5 Å². The lowest BCUT2D eigenvalue weighted by atomic mass is 10.0. The van der Waals surface area contributed by atoms with Crippen molar-refractivity contribution < 1.29 is 9.53 Å². The van der Waals surface area contributed by atoms with Gasteiger partial charge in [0, 0.05) is 6.20 Å². The van der Waals surface area contributed by atoms with Crippen LogP contribution >= 0.6 is 11.8 Å². The van der Waals surface area contributed by atoms with Gasteiger partial charge in [0.15, 0.2) is 6.23 Å². The average Bonchev–Trinajstić information content (AvgIpc) is 3.04. The number of amides is 1. The van der Waals surface area contributed by atoms with E-state index in [1.165, 1.54) is 0 Å². The van der Waals surface area contributed by atoms with E-state index in [2.05, 4.69) is 30.7 Å². The fourth-order valence-corrected chi connectivity index (χ4v) is 3.69. The van der Waals surface area contributed by atoms with Crippen LogP contribution in [0, 0.1) is 5.92 Å². The quantitative estimate of drug-likeness (QED) is 0.856. The number of carbonyl (C=O) groups is 1. The highest BCUT2D eigenvalue weighted by atomic mass is 32.2. The van der Waals surface area contributed by atoms with Crippen LogP contribution in [0.4, 0.5) is 0 Å². The van der Waals surface area contributed by atoms with E-state index in [-0.39, 0.29) is 24.2 Å². The minimum Gasteiger partial charge on any atom is -0.350 e. The van der Waals surface area contributed by atoms with Crippen LogP contribution in [0.2, 0.25) is 0 Å². The van der Waals surface area contributed by atoms with Crippen molar-refractivity contribution in [2.75, 3.05) is 18.6 Å². The van der Waals surface area contributed by atoms with E-state index in [4.69, 9.17) is 4.74 Å². The normalized spacial score (nSPS) is 28.9. The van der Waals surface area contributed by atoms with E-state index in [1.54, 1.807) is 11.8 Å². The van der Waals surface area contributed by atoms with Gasteiger partial charge in [0.05, 0.1) is 18.3 Å². The molecule has 1 aromatic rings. The zero-order chi connectivity index (χ0) is 14.3. The summed E-state index contributed by atoms with van der Waals surface area (Å²) >= 11 is 1.79. The zero-order valence-electron chi connectivity index (χ0n) is 12.3. The summed E-state index contributed by atoms with van der Waals surface area (Å²) in [6.45, 7) is 4.97. The summed E-state index contributed by atoms with van der Waals surface area (Å²) in [6.07, 6.45) is 4.80. The summed E-state index contributed by atoms with van der Waals surface area (Å²) in [4.78, 5) is 14.9. The molecule has 3 rings (SSSR count). The molecule has 1 unspecified atom stereocenters. The number of thioether (sulfide) groups is 1. The van der Waals surface area contributed by atoms with E-state index < -0.39 is 0 Å². The van der Waals surface area contributed by atoms with Gasteiger partial charge in [0.2, 0.25) is 5.91 Å². The van der Waals surface area contributed by atoms with Gasteiger partial charge in [-0.2, -0.15) is 11.8 Å². The maximum Gasteiger partial charge on any atom is 0.248 e. The van der Waals surface area contributed by atoms with Crippen LogP contribution in [-0.4, -0.2) is 40.0 Å². The van der Waals surface area contributed by atoms with Gasteiger partial charge in [-0.15, -0.1) is 0 Å². The van der Waals surface area contributed by atoms with E-state index >= 15 is 0 Å². The first kappa shape index (κ1) is 14.0. The fourth-order valence-electron chi connectivity index (χ4n) is 3.23. The Morgan fingerprint density at radius 2 is 2.30 bits per heavy atom. The Hall–Kier alpha value is -0.940. The predicted octanol–water partition coefficient (Wildman–Crippen LogP) is 2.68. The number of carbonyl (C=O) groups excluding carboxylic acids is 1. The number of ether oxygens (including phenoxy) is 1. The number of hydrogen-bond donors (Lipinski definition) is 0. The summed E-state index contributed by atoms with van der Waals surface area (Å²) in [7, 11) is 0. The van der Waals surface area contributed by atoms with Crippen molar-refractivity contribution in [3.05, 3.63) is 24.0 Å². The number of hydrogen-bond acceptors (Lipinski definition) is 3. The second-order valence-electron chi connectivity index (χ2n) is 5.88. The van der Waals surface area contributed by atoms with Gasteiger partial charge in [-0.1, -0.05) is 13.8 Å². The first-order valence-corrected chi connectivity index (χ1v) is 8.64. The SMILES string of the molecule is CSCC[C@H]1C(=O)N2C(OC[C@@H]2C(C)C)c2cccn21. The summed E-state index contributed by atoms with van der Waals surface area (Å²) in [5, 5.41) is 0. The number of nitrogens with zero attached hydrogens (tertiary/aromatic N) is 2. The van der Waals surface area contributed by atoms with Gasteiger partial charge in [0.1, 0.15) is 6.04 Å². The van der Waals surface area contributed by atoms with E-state index in [9.17, 15) is 4.79 Å². The Morgan fingerprint density at radius 3 is 3.00 bits per heavy atom. The van der Waals surface area contributed by atoms with Gasteiger partial charge < -0.3 is 14.2 Å². The largest absolute Gasteiger partial charge is 0.350 e. The number of rotatable bonds is 4. The summed E-state index contributed by atoms with van der Waals surface area (Å²) < 4.78 is 8.03. The van der Waals surface area contributed by atoms with Crippen LogP contribution in [0.25, 0.3) is 0 Å². The van der Waals surface area contributed by atoms with Crippen molar-refractivity contribution in [3.8, 4) is 0 Å². The molecule has 0 saturated carbocycles. The predicted molar refractivity (Wildman–Crippen MR) is 80.6 cm³/mol. The van der Waals surface area contributed by atoms with Crippen LogP contribution in [0.15, 0.2) is 18.3 Å². The molecule has 0 bridgehead atoms. The molecule has 0 aromatic carbocycles. The molecular weight excluding hydrogens is 272 g/mol. The lowest BCUT2D eigenvalue weighted by Gasteiger charge is -2.39. The first-order valence-electron chi connectivity index (χ1n) is 7.24. The molecule has 1 aromatic heterocycles. The fraction of sp³-hybridized carbons (Fsp3) is 0.667. The van der Waals surface area contributed by atoms with E-state index in [0.717, 1.165) is 17.9 Å². The highest BCUT2D eigenvalue weighted by molar-refractivity contribution is 7.98. The van der Waals surface area contributed by atoms with Gasteiger partial charge in [-0.25, -0.2) is 0 Å². The highest BCUT2D eigenvalue weighted by Crippen LogP contribution is 2.41. The monoisotopic (exact) mass is 294 g/mol. The van der Waals surface area contributed by atoms with Crippen LogP contribution in [0.1, 0.15) is 38.2 Å². The van der Waals surface area contributed by atoms with Crippen LogP contribution in [0.3, 0.4) is 0 Å². The van der Waals surface area contributed by atoms with Gasteiger partial charge in [0.25, 0.3) is 0 Å². The Balaban J connectivity index is 1.96. The van der Waals surface area contributed by atoms with Gasteiger partial charge >= 0.3 is 0 Å². The van der Waals surface area contributed by atoms with E-state index in [1.807, 2.05) is 17.2 Å². The molecule has 0 aliphatic carbocycles. The molecular formula is C15H22N2O2S. The average molecular weight is 294 g/mol. The molecule has 0 N–H and O–H groups in total. The molecule has 0 spiro atoms. The molecule has 110 valence electrons. The second kappa shape index (κ2) is 5.45. The van der Waals surface area contributed by atoms with Crippen molar-refractivity contribution in [3.63, 3.8) is 0 Å². The molecule has 2 aliphatic rings. The van der Waals surface area contributed by atoms with Gasteiger partial charge in [-0.05, 0) is 36.5 Å². The third kappa shape index (κ3) is 2.07. The molecule has 1 fully saturated rings. The maximum absolute atomic E-state index is 12.9. The molecule has 0 radical (unpaired) electrons. The highest BCUT2D eigenvalue weighted by Gasteiger charge is 2.47. The standard InChI is InChI=1S/C15H22N2O2S/c1-10(2)13-9-19-15-12-5-4-7-16(12)11(6-8-20-3)14(18)17(13)15/h4-5,7,10-11,13,15H,6,8-9H2,1-3H3/t11-,13+,15?/m0/s1. The van der Waals surface area contributed by atoms with Gasteiger partial charge in [-0.3, -0.25) is 4.79 Å². The molecule has 2 aliphatic heterocycles. The van der Waals surface area contributed by atoms with Crippen molar-refractivity contribution in [2.24, 2.45) is 5.92 Å². The van der Waals surface area contributed by atoms with Crippen molar-refractivity contribution >= 4 is 17.7 Å². The zero-order valence-corrected chi connectivity index (χ0v) is 13.1. The number of aromatic nitrogens is 1. The third-order valence-electron chi connectivity index (χ3n) is 4.34. The Morgan fingerprint density at radius 1 is 1.50 bits per heavy atom. The van der Waals surface area contributed by atoms with Crippen molar-refractivity contribution in [1.29, 1.82) is 0 Å². The summed E-state index contributed by atoms with van der Waals surface area (Å²) in [6, 6.07) is 4.24. The molecule has 5 heteroatoms. The minimum atomic E-state index is -0.185. The van der Waals surface area contributed by atoms with E-state index in [0.29, 0.717) is 12.5 Å². The smallest absolute Gasteiger partial charge is 0.248 e. The van der Waals surface area contributed by atoms with Crippen LogP contribution in [0.5, 0.6) is 0 Å². The lowest BCUT2D eigenvalue weighted by molar-refractivity contribution is -0.146. The maximum atomic E-state index is 12.9. The molecule has 3 atom stereocenters. The molecule has 3 heterocycles. The van der Waals surface area contributed by atoms with Crippen LogP contribution < -0.4 is 0 Å². The minimum absolute atomic E-state index is 0.0633. The summed E-state index contributed by atoms with van der Waals surface area (Å²) in [5.41, 5.74) is 1.12. The van der Waals surface area contributed by atoms with Crippen LogP contribution in [-0.2, 0) is 9.53 Å². The molecule has 4 nitrogen and oxygen atoms in total. The molecule has 1 amide bonds. The number of fused-ring (bicyclic) bond motifs is 3. The lowest BCUT2D eigenvalue weighted by Crippen LogP contribution is -2.48. The Bertz CT molecular complexity index is 500.